The minimum absolute atomic E-state index is 0.581. The van der Waals surface area contributed by atoms with Crippen molar-refractivity contribution in [1.29, 1.82) is 0 Å². The predicted molar refractivity (Wildman–Crippen MR) is 62.7 cm³/mol. The number of hydrogen-bond donors (Lipinski definition) is 1. The molecule has 0 bridgehead atoms. The molecule has 2 N–H and O–H groups in total. The highest BCUT2D eigenvalue weighted by molar-refractivity contribution is 5.72. The molecule has 0 aliphatic heterocycles. The van der Waals surface area contributed by atoms with E-state index in [9.17, 15) is 0 Å². The molecular formula is C12H14N4. The first-order valence-electron chi connectivity index (χ1n) is 5.49. The molecule has 1 saturated carbocycles. The van der Waals surface area contributed by atoms with Gasteiger partial charge in [0.05, 0.1) is 18.2 Å². The molecule has 2 aromatic rings. The molecule has 0 radical (unpaired) electrons. The molecule has 1 aliphatic carbocycles. The van der Waals surface area contributed by atoms with Crippen LogP contribution in [0, 0.1) is 5.92 Å². The molecule has 3 rings (SSSR count). The molecule has 16 heavy (non-hydrogen) atoms. The highest BCUT2D eigenvalue weighted by Crippen LogP contribution is 2.45. The van der Waals surface area contributed by atoms with E-state index >= 15 is 0 Å². The SMILES string of the molecule is CC1CC1n1cncc1-c1cnccc1N. The summed E-state index contributed by atoms with van der Waals surface area (Å²) in [6.07, 6.45) is 8.48. The van der Waals surface area contributed by atoms with E-state index in [2.05, 4.69) is 21.5 Å². The Morgan fingerprint density at radius 3 is 2.88 bits per heavy atom. The first-order valence-corrected chi connectivity index (χ1v) is 5.49. The molecule has 1 aliphatic rings. The molecule has 0 aromatic carbocycles. The summed E-state index contributed by atoms with van der Waals surface area (Å²) < 4.78 is 2.21. The maximum Gasteiger partial charge on any atom is 0.0953 e. The Kier molecular flexibility index (Phi) is 1.96. The topological polar surface area (TPSA) is 56.7 Å². The average Bonchev–Trinajstić information content (AvgIpc) is 2.82. The fraction of sp³-hybridized carbons (Fsp3) is 0.333. The summed E-state index contributed by atoms with van der Waals surface area (Å²) in [7, 11) is 0. The zero-order valence-corrected chi connectivity index (χ0v) is 9.17. The van der Waals surface area contributed by atoms with Crippen LogP contribution in [-0.2, 0) is 0 Å². The number of pyridine rings is 1. The molecule has 0 saturated heterocycles. The van der Waals surface area contributed by atoms with Gasteiger partial charge in [-0.15, -0.1) is 0 Å². The third-order valence-electron chi connectivity index (χ3n) is 3.22. The van der Waals surface area contributed by atoms with Crippen molar-refractivity contribution in [3.63, 3.8) is 0 Å². The molecular weight excluding hydrogens is 200 g/mol. The van der Waals surface area contributed by atoms with Crippen LogP contribution in [0.5, 0.6) is 0 Å². The number of imidazole rings is 1. The molecule has 0 spiro atoms. The lowest BCUT2D eigenvalue weighted by molar-refractivity contribution is 0.691. The summed E-state index contributed by atoms with van der Waals surface area (Å²) in [5.41, 5.74) is 8.75. The van der Waals surface area contributed by atoms with Crippen LogP contribution in [0.4, 0.5) is 5.69 Å². The van der Waals surface area contributed by atoms with Gasteiger partial charge < -0.3 is 10.3 Å². The highest BCUT2D eigenvalue weighted by atomic mass is 15.1. The van der Waals surface area contributed by atoms with Gasteiger partial charge in [-0.25, -0.2) is 4.98 Å². The van der Waals surface area contributed by atoms with Gasteiger partial charge in [0, 0.05) is 29.7 Å². The number of hydrogen-bond acceptors (Lipinski definition) is 3. The molecule has 4 heteroatoms. The van der Waals surface area contributed by atoms with Gasteiger partial charge in [0.25, 0.3) is 0 Å². The number of nitrogens with zero attached hydrogens (tertiary/aromatic N) is 3. The Balaban J connectivity index is 2.07. The molecule has 2 heterocycles. The van der Waals surface area contributed by atoms with Crippen LogP contribution >= 0.6 is 0 Å². The van der Waals surface area contributed by atoms with E-state index in [-0.39, 0.29) is 0 Å². The normalized spacial score (nSPS) is 23.3. The van der Waals surface area contributed by atoms with E-state index in [4.69, 9.17) is 5.73 Å². The standard InChI is InChI=1S/C12H14N4/c1-8-4-11(8)16-7-15-6-12(16)9-5-14-3-2-10(9)13/h2-3,5-8,11H,4H2,1H3,(H2,13,14). The fourth-order valence-electron chi connectivity index (χ4n) is 2.09. The van der Waals surface area contributed by atoms with E-state index in [0.717, 1.165) is 22.9 Å². The Bertz CT molecular complexity index is 517. The van der Waals surface area contributed by atoms with Crippen molar-refractivity contribution in [2.75, 3.05) is 5.73 Å². The summed E-state index contributed by atoms with van der Waals surface area (Å²) in [4.78, 5) is 8.34. The van der Waals surface area contributed by atoms with Crippen molar-refractivity contribution >= 4 is 5.69 Å². The number of nitrogen functional groups attached to an aromatic ring is 1. The van der Waals surface area contributed by atoms with Crippen LogP contribution in [0.15, 0.2) is 31.0 Å². The number of rotatable bonds is 2. The zero-order chi connectivity index (χ0) is 11.1. The van der Waals surface area contributed by atoms with Crippen LogP contribution in [0.1, 0.15) is 19.4 Å². The van der Waals surface area contributed by atoms with Crippen molar-refractivity contribution in [1.82, 2.24) is 14.5 Å². The van der Waals surface area contributed by atoms with Crippen LogP contribution in [-0.4, -0.2) is 14.5 Å². The van der Waals surface area contributed by atoms with Gasteiger partial charge in [0.15, 0.2) is 0 Å². The summed E-state index contributed by atoms with van der Waals surface area (Å²) >= 11 is 0. The minimum Gasteiger partial charge on any atom is -0.398 e. The fourth-order valence-corrected chi connectivity index (χ4v) is 2.09. The lowest BCUT2D eigenvalue weighted by Gasteiger charge is -2.08. The van der Waals surface area contributed by atoms with Crippen molar-refractivity contribution < 1.29 is 0 Å². The Hall–Kier alpha value is -1.84. The number of anilines is 1. The third kappa shape index (κ3) is 1.38. The second-order valence-corrected chi connectivity index (χ2v) is 4.43. The van der Waals surface area contributed by atoms with Gasteiger partial charge in [-0.1, -0.05) is 6.92 Å². The summed E-state index contributed by atoms with van der Waals surface area (Å²) in [6, 6.07) is 2.40. The van der Waals surface area contributed by atoms with Crippen LogP contribution in [0.25, 0.3) is 11.3 Å². The van der Waals surface area contributed by atoms with Gasteiger partial charge in [-0.05, 0) is 18.4 Å². The quantitative estimate of drug-likeness (QED) is 0.833. The molecule has 0 amide bonds. The molecule has 2 unspecified atom stereocenters. The van der Waals surface area contributed by atoms with E-state index < -0.39 is 0 Å². The average molecular weight is 214 g/mol. The molecule has 1 fully saturated rings. The maximum atomic E-state index is 5.95. The van der Waals surface area contributed by atoms with Crippen molar-refractivity contribution in [3.05, 3.63) is 31.0 Å². The van der Waals surface area contributed by atoms with Gasteiger partial charge in [-0.2, -0.15) is 0 Å². The monoisotopic (exact) mass is 214 g/mol. The van der Waals surface area contributed by atoms with Crippen LogP contribution in [0.2, 0.25) is 0 Å². The van der Waals surface area contributed by atoms with Crippen molar-refractivity contribution in [3.8, 4) is 11.3 Å². The molecule has 82 valence electrons. The molecule has 4 nitrogen and oxygen atoms in total. The lowest BCUT2D eigenvalue weighted by Crippen LogP contribution is -1.99. The van der Waals surface area contributed by atoms with E-state index in [1.165, 1.54) is 6.42 Å². The smallest absolute Gasteiger partial charge is 0.0953 e. The zero-order valence-electron chi connectivity index (χ0n) is 9.17. The Morgan fingerprint density at radius 1 is 1.38 bits per heavy atom. The third-order valence-corrected chi connectivity index (χ3v) is 3.22. The predicted octanol–water partition coefficient (Wildman–Crippen LogP) is 2.11. The van der Waals surface area contributed by atoms with E-state index in [0.29, 0.717) is 6.04 Å². The second kappa shape index (κ2) is 3.33. The summed E-state index contributed by atoms with van der Waals surface area (Å²) in [5, 5.41) is 0. The Labute approximate surface area is 94.1 Å². The van der Waals surface area contributed by atoms with E-state index in [1.807, 2.05) is 18.6 Å². The summed E-state index contributed by atoms with van der Waals surface area (Å²) in [5.74, 6) is 0.742. The van der Waals surface area contributed by atoms with Gasteiger partial charge in [-0.3, -0.25) is 4.98 Å². The van der Waals surface area contributed by atoms with Crippen LogP contribution in [0.3, 0.4) is 0 Å². The summed E-state index contributed by atoms with van der Waals surface area (Å²) in [6.45, 7) is 2.25. The van der Waals surface area contributed by atoms with Crippen LogP contribution < -0.4 is 5.73 Å². The van der Waals surface area contributed by atoms with Crippen molar-refractivity contribution in [2.45, 2.75) is 19.4 Å². The highest BCUT2D eigenvalue weighted by Gasteiger charge is 2.35. The first kappa shape index (κ1) is 9.39. The maximum absolute atomic E-state index is 5.95. The molecule has 2 atom stereocenters. The first-order chi connectivity index (χ1) is 7.77. The molecule has 2 aromatic heterocycles. The number of nitrogens with two attached hydrogens (primary N) is 1. The Morgan fingerprint density at radius 2 is 2.19 bits per heavy atom. The second-order valence-electron chi connectivity index (χ2n) is 4.43. The van der Waals surface area contributed by atoms with E-state index in [1.54, 1.807) is 12.4 Å². The number of aromatic nitrogens is 3. The van der Waals surface area contributed by atoms with Gasteiger partial charge >= 0.3 is 0 Å². The minimum atomic E-state index is 0.581. The van der Waals surface area contributed by atoms with Gasteiger partial charge in [0.2, 0.25) is 0 Å². The lowest BCUT2D eigenvalue weighted by atomic mass is 10.2. The largest absolute Gasteiger partial charge is 0.398 e. The van der Waals surface area contributed by atoms with Gasteiger partial charge in [0.1, 0.15) is 0 Å². The van der Waals surface area contributed by atoms with Crippen molar-refractivity contribution in [2.24, 2.45) is 5.92 Å².